The molecule has 1 aromatic carbocycles. The molecule has 3 fully saturated rings. The molecule has 3 aliphatic rings. The highest BCUT2D eigenvalue weighted by Gasteiger charge is 2.54. The smallest absolute Gasteiger partial charge is 0.318 e. The number of carbonyl (C=O) groups excluding carboxylic acids is 1. The molecule has 1 aliphatic heterocycles. The van der Waals surface area contributed by atoms with Crippen molar-refractivity contribution in [2.45, 2.75) is 43.6 Å². The third-order valence-corrected chi connectivity index (χ3v) is 5.58. The van der Waals surface area contributed by atoms with Crippen LogP contribution < -0.4 is 10.6 Å². The van der Waals surface area contributed by atoms with Gasteiger partial charge in [-0.1, -0.05) is 36.8 Å². The summed E-state index contributed by atoms with van der Waals surface area (Å²) in [4.78, 5) is 14.3. The molecule has 0 unspecified atom stereocenters. The highest BCUT2D eigenvalue weighted by atomic mass is 16.2. The maximum absolute atomic E-state index is 12.1. The van der Waals surface area contributed by atoms with E-state index in [1.54, 1.807) is 0 Å². The highest BCUT2D eigenvalue weighted by Crippen LogP contribution is 2.50. The van der Waals surface area contributed by atoms with E-state index in [0.29, 0.717) is 5.92 Å². The summed E-state index contributed by atoms with van der Waals surface area (Å²) in [6.07, 6.45) is 6.22. The number of nitrogens with zero attached hydrogens (tertiary/aromatic N) is 1. The lowest BCUT2D eigenvalue weighted by Crippen LogP contribution is -2.57. The summed E-state index contributed by atoms with van der Waals surface area (Å²) in [7, 11) is 3.75. The number of hydrogen-bond donors (Lipinski definition) is 2. The van der Waals surface area contributed by atoms with Gasteiger partial charge in [0.1, 0.15) is 0 Å². The van der Waals surface area contributed by atoms with Crippen molar-refractivity contribution in [1.82, 2.24) is 15.5 Å². The molecule has 2 aliphatic carbocycles. The van der Waals surface area contributed by atoms with Crippen molar-refractivity contribution in [3.05, 3.63) is 35.9 Å². The standard InChI is InChI=1S/C17H22N2O.C2H7N/c20-16-18-12-17(19(16)11-13-5-4-6-13)9-15(10-17)14-7-2-1-3-8-14;1-3-2/h1-3,7-8,13,15H,4-6,9-12H2,(H,18,20);3H,1-2H3. The maximum atomic E-state index is 12.1. The summed E-state index contributed by atoms with van der Waals surface area (Å²) in [6, 6.07) is 10.9. The van der Waals surface area contributed by atoms with Crippen molar-refractivity contribution in [2.24, 2.45) is 5.92 Å². The van der Waals surface area contributed by atoms with Gasteiger partial charge in [0, 0.05) is 13.1 Å². The van der Waals surface area contributed by atoms with Crippen LogP contribution in [-0.4, -0.2) is 43.7 Å². The molecular weight excluding hydrogens is 286 g/mol. The van der Waals surface area contributed by atoms with Gasteiger partial charge in [0.05, 0.1) is 5.54 Å². The SMILES string of the molecule is CNC.O=C1NCC2(CC(c3ccccc3)C2)N1CC1CCC1. The highest BCUT2D eigenvalue weighted by molar-refractivity contribution is 5.78. The minimum Gasteiger partial charge on any atom is -0.336 e. The van der Waals surface area contributed by atoms with Gasteiger partial charge in [0.25, 0.3) is 0 Å². The Morgan fingerprint density at radius 3 is 2.43 bits per heavy atom. The van der Waals surface area contributed by atoms with Crippen LogP contribution in [0.25, 0.3) is 0 Å². The minimum absolute atomic E-state index is 0.118. The van der Waals surface area contributed by atoms with Crippen molar-refractivity contribution in [3.8, 4) is 0 Å². The van der Waals surface area contributed by atoms with Crippen LogP contribution >= 0.6 is 0 Å². The first kappa shape index (κ1) is 16.3. The van der Waals surface area contributed by atoms with Crippen LogP contribution in [0, 0.1) is 5.92 Å². The Balaban J connectivity index is 0.000000485. The Kier molecular flexibility index (Phi) is 4.90. The molecule has 0 bridgehead atoms. The quantitative estimate of drug-likeness (QED) is 0.901. The normalized spacial score (nSPS) is 29.4. The zero-order valence-electron chi connectivity index (χ0n) is 14.3. The van der Waals surface area contributed by atoms with Crippen molar-refractivity contribution in [3.63, 3.8) is 0 Å². The van der Waals surface area contributed by atoms with E-state index >= 15 is 0 Å². The molecule has 1 heterocycles. The molecule has 2 N–H and O–H groups in total. The second-order valence-electron chi connectivity index (χ2n) is 7.31. The Morgan fingerprint density at radius 2 is 1.87 bits per heavy atom. The van der Waals surface area contributed by atoms with E-state index in [4.69, 9.17) is 0 Å². The van der Waals surface area contributed by atoms with E-state index in [1.165, 1.54) is 24.8 Å². The summed E-state index contributed by atoms with van der Waals surface area (Å²) in [6.45, 7) is 1.83. The molecule has 23 heavy (non-hydrogen) atoms. The number of benzene rings is 1. The van der Waals surface area contributed by atoms with Crippen LogP contribution in [0.2, 0.25) is 0 Å². The number of urea groups is 1. The minimum atomic E-state index is 0.118. The summed E-state index contributed by atoms with van der Waals surface area (Å²) >= 11 is 0. The van der Waals surface area contributed by atoms with Gasteiger partial charge in [0.15, 0.2) is 0 Å². The largest absolute Gasteiger partial charge is 0.336 e. The van der Waals surface area contributed by atoms with Gasteiger partial charge in [-0.05, 0) is 57.2 Å². The van der Waals surface area contributed by atoms with E-state index in [1.807, 2.05) is 14.1 Å². The Bertz CT molecular complexity index is 521. The van der Waals surface area contributed by atoms with Crippen LogP contribution in [0.3, 0.4) is 0 Å². The Hall–Kier alpha value is -1.55. The summed E-state index contributed by atoms with van der Waals surface area (Å²) in [5.41, 5.74) is 1.55. The molecule has 4 heteroatoms. The summed E-state index contributed by atoms with van der Waals surface area (Å²) in [5, 5.41) is 5.82. The van der Waals surface area contributed by atoms with E-state index in [0.717, 1.165) is 31.8 Å². The van der Waals surface area contributed by atoms with E-state index < -0.39 is 0 Å². The van der Waals surface area contributed by atoms with Crippen LogP contribution in [0.4, 0.5) is 4.79 Å². The van der Waals surface area contributed by atoms with Crippen LogP contribution in [0.5, 0.6) is 0 Å². The number of rotatable bonds is 3. The van der Waals surface area contributed by atoms with Crippen LogP contribution in [0.15, 0.2) is 30.3 Å². The van der Waals surface area contributed by atoms with E-state index in [2.05, 4.69) is 45.9 Å². The predicted molar refractivity (Wildman–Crippen MR) is 93.6 cm³/mol. The molecule has 1 spiro atoms. The summed E-state index contributed by atoms with van der Waals surface area (Å²) in [5.74, 6) is 1.39. The predicted octanol–water partition coefficient (Wildman–Crippen LogP) is 2.96. The maximum Gasteiger partial charge on any atom is 0.318 e. The second kappa shape index (κ2) is 6.91. The average molecular weight is 315 g/mol. The Labute approximate surface area is 139 Å². The monoisotopic (exact) mass is 315 g/mol. The van der Waals surface area contributed by atoms with Gasteiger partial charge < -0.3 is 15.5 Å². The first-order valence-electron chi connectivity index (χ1n) is 8.87. The topological polar surface area (TPSA) is 44.4 Å². The zero-order valence-corrected chi connectivity index (χ0v) is 14.3. The van der Waals surface area contributed by atoms with Gasteiger partial charge in [0.2, 0.25) is 0 Å². The van der Waals surface area contributed by atoms with Gasteiger partial charge >= 0.3 is 6.03 Å². The molecule has 1 aromatic rings. The molecule has 4 nitrogen and oxygen atoms in total. The summed E-state index contributed by atoms with van der Waals surface area (Å²) < 4.78 is 0. The zero-order chi connectivity index (χ0) is 16.3. The third-order valence-electron chi connectivity index (χ3n) is 5.58. The molecule has 2 saturated carbocycles. The number of amides is 2. The van der Waals surface area contributed by atoms with Gasteiger partial charge in [-0.2, -0.15) is 0 Å². The van der Waals surface area contributed by atoms with Crippen LogP contribution in [-0.2, 0) is 0 Å². The molecule has 0 radical (unpaired) electrons. The van der Waals surface area contributed by atoms with Crippen molar-refractivity contribution >= 4 is 6.03 Å². The molecular formula is C19H29N3O. The number of carbonyl (C=O) groups is 1. The van der Waals surface area contributed by atoms with E-state index in [-0.39, 0.29) is 11.6 Å². The number of hydrogen-bond acceptors (Lipinski definition) is 2. The first-order valence-corrected chi connectivity index (χ1v) is 8.87. The first-order chi connectivity index (χ1) is 11.2. The fourth-order valence-electron chi connectivity index (χ4n) is 4.04. The van der Waals surface area contributed by atoms with Gasteiger partial charge in [-0.3, -0.25) is 0 Å². The molecule has 1 saturated heterocycles. The second-order valence-corrected chi connectivity index (χ2v) is 7.31. The van der Waals surface area contributed by atoms with Gasteiger partial charge in [-0.25, -0.2) is 4.79 Å². The fraction of sp³-hybridized carbons (Fsp3) is 0.632. The fourth-order valence-corrected chi connectivity index (χ4v) is 4.04. The lowest BCUT2D eigenvalue weighted by molar-refractivity contribution is 0.0449. The van der Waals surface area contributed by atoms with Gasteiger partial charge in [-0.15, -0.1) is 0 Å². The Morgan fingerprint density at radius 1 is 1.22 bits per heavy atom. The number of nitrogens with one attached hydrogen (secondary N) is 2. The third kappa shape index (κ3) is 3.23. The lowest BCUT2D eigenvalue weighted by atomic mass is 9.65. The average Bonchev–Trinajstić information content (AvgIpc) is 2.80. The van der Waals surface area contributed by atoms with Crippen LogP contribution in [0.1, 0.15) is 43.6 Å². The van der Waals surface area contributed by atoms with Crippen molar-refractivity contribution in [1.29, 1.82) is 0 Å². The molecule has 4 rings (SSSR count). The molecule has 0 atom stereocenters. The lowest BCUT2D eigenvalue weighted by Gasteiger charge is -2.51. The molecule has 2 amide bonds. The van der Waals surface area contributed by atoms with E-state index in [9.17, 15) is 4.79 Å². The molecule has 0 aromatic heterocycles. The van der Waals surface area contributed by atoms with Crippen molar-refractivity contribution in [2.75, 3.05) is 27.2 Å². The molecule has 126 valence electrons. The van der Waals surface area contributed by atoms with Crippen molar-refractivity contribution < 1.29 is 4.79 Å².